The van der Waals surface area contributed by atoms with E-state index >= 15 is 0 Å². The maximum absolute atomic E-state index is 10.8. The molecule has 0 spiro atoms. The van der Waals surface area contributed by atoms with Gasteiger partial charge in [-0.3, -0.25) is 20.1 Å². The highest BCUT2D eigenvalue weighted by Crippen LogP contribution is 2.29. The van der Waals surface area contributed by atoms with Gasteiger partial charge < -0.3 is 5.32 Å². The maximum atomic E-state index is 10.8. The zero-order valence-corrected chi connectivity index (χ0v) is 11.7. The van der Waals surface area contributed by atoms with Crippen LogP contribution in [0.3, 0.4) is 0 Å². The lowest BCUT2D eigenvalue weighted by Gasteiger charge is -2.15. The fourth-order valence-corrected chi connectivity index (χ4v) is 1.94. The Hall–Kier alpha value is -2.02. The highest BCUT2D eigenvalue weighted by atomic mass is 79.9. The molecule has 0 saturated carbocycles. The van der Waals surface area contributed by atoms with Crippen molar-refractivity contribution in [1.82, 2.24) is 9.97 Å². The zero-order valence-electron chi connectivity index (χ0n) is 10.1. The van der Waals surface area contributed by atoms with E-state index in [0.717, 1.165) is 10.2 Å². The van der Waals surface area contributed by atoms with Gasteiger partial charge in [-0.05, 0) is 28.9 Å². The van der Waals surface area contributed by atoms with E-state index in [1.165, 1.54) is 12.1 Å². The third-order valence-electron chi connectivity index (χ3n) is 2.56. The van der Waals surface area contributed by atoms with Crippen LogP contribution in [0.1, 0.15) is 18.7 Å². The predicted octanol–water partition coefficient (Wildman–Crippen LogP) is 3.32. The van der Waals surface area contributed by atoms with Crippen molar-refractivity contribution in [1.29, 1.82) is 0 Å². The molecule has 19 heavy (non-hydrogen) atoms. The first-order valence-corrected chi connectivity index (χ1v) is 6.33. The van der Waals surface area contributed by atoms with Crippen LogP contribution in [-0.4, -0.2) is 14.9 Å². The van der Waals surface area contributed by atoms with Crippen LogP contribution in [0.2, 0.25) is 0 Å². The van der Waals surface area contributed by atoms with Crippen LogP contribution in [0.15, 0.2) is 41.3 Å². The number of nitrogens with zero attached hydrogens (tertiary/aromatic N) is 3. The first-order chi connectivity index (χ1) is 9.08. The number of rotatable bonds is 4. The lowest BCUT2D eigenvalue weighted by molar-refractivity contribution is -0.384. The molecule has 0 radical (unpaired) electrons. The summed E-state index contributed by atoms with van der Waals surface area (Å²) in [5.74, 6) is 0. The Labute approximate surface area is 118 Å². The van der Waals surface area contributed by atoms with Crippen LogP contribution < -0.4 is 5.32 Å². The molecular formula is C12H11BrN4O2. The molecule has 1 unspecified atom stereocenters. The summed E-state index contributed by atoms with van der Waals surface area (Å²) in [4.78, 5) is 18.5. The van der Waals surface area contributed by atoms with E-state index in [1.54, 1.807) is 24.7 Å². The smallest absolute Gasteiger partial charge is 0.271 e. The van der Waals surface area contributed by atoms with Crippen molar-refractivity contribution in [2.45, 2.75) is 13.0 Å². The maximum Gasteiger partial charge on any atom is 0.271 e. The summed E-state index contributed by atoms with van der Waals surface area (Å²) < 4.78 is 0.758. The average molecular weight is 323 g/mol. The first-order valence-electron chi connectivity index (χ1n) is 5.54. The Morgan fingerprint density at radius 1 is 1.42 bits per heavy atom. The molecule has 98 valence electrons. The van der Waals surface area contributed by atoms with E-state index in [4.69, 9.17) is 0 Å². The standard InChI is InChI=1S/C12H11BrN4O2/c1-8(12-7-14-4-5-15-12)16-11-6-9(17(18)19)2-3-10(11)13/h2-8,16H,1H3. The molecule has 0 aliphatic carbocycles. The van der Waals surface area contributed by atoms with Gasteiger partial charge in [0.15, 0.2) is 0 Å². The summed E-state index contributed by atoms with van der Waals surface area (Å²) in [6, 6.07) is 4.47. The molecule has 0 bridgehead atoms. The quantitative estimate of drug-likeness (QED) is 0.689. The third-order valence-corrected chi connectivity index (χ3v) is 3.25. The molecule has 0 aliphatic rings. The van der Waals surface area contributed by atoms with Crippen LogP contribution in [0, 0.1) is 10.1 Å². The second kappa shape index (κ2) is 5.75. The van der Waals surface area contributed by atoms with E-state index in [0.29, 0.717) is 5.69 Å². The van der Waals surface area contributed by atoms with E-state index in [9.17, 15) is 10.1 Å². The monoisotopic (exact) mass is 322 g/mol. The van der Waals surface area contributed by atoms with Gasteiger partial charge in [0.2, 0.25) is 0 Å². The van der Waals surface area contributed by atoms with E-state index in [1.807, 2.05) is 6.92 Å². The summed E-state index contributed by atoms with van der Waals surface area (Å²) in [5, 5.41) is 13.9. The highest BCUT2D eigenvalue weighted by Gasteiger charge is 2.13. The lowest BCUT2D eigenvalue weighted by atomic mass is 10.2. The molecule has 0 aliphatic heterocycles. The molecule has 1 aromatic heterocycles. The van der Waals surface area contributed by atoms with Gasteiger partial charge in [0, 0.05) is 29.0 Å². The van der Waals surface area contributed by atoms with E-state index < -0.39 is 4.92 Å². The number of benzene rings is 1. The molecular weight excluding hydrogens is 312 g/mol. The minimum Gasteiger partial charge on any atom is -0.376 e. The molecule has 7 heteroatoms. The van der Waals surface area contributed by atoms with Gasteiger partial charge in [0.05, 0.1) is 28.5 Å². The minimum atomic E-state index is -0.426. The Morgan fingerprint density at radius 3 is 2.84 bits per heavy atom. The Morgan fingerprint density at radius 2 is 2.21 bits per heavy atom. The van der Waals surface area contributed by atoms with E-state index in [2.05, 4.69) is 31.2 Å². The number of nitrogens with one attached hydrogen (secondary N) is 1. The molecule has 2 aromatic rings. The number of hydrogen-bond donors (Lipinski definition) is 1. The molecule has 1 heterocycles. The minimum absolute atomic E-state index is 0.0389. The number of anilines is 1. The number of nitro benzene ring substituents is 1. The number of halogens is 1. The Bertz CT molecular complexity index is 592. The molecule has 0 amide bonds. The molecule has 1 atom stereocenters. The van der Waals surface area contributed by atoms with Gasteiger partial charge in [-0.25, -0.2) is 0 Å². The molecule has 2 rings (SSSR count). The topological polar surface area (TPSA) is 81.0 Å². The van der Waals surface area contributed by atoms with Gasteiger partial charge >= 0.3 is 0 Å². The van der Waals surface area contributed by atoms with Crippen LogP contribution in [0.5, 0.6) is 0 Å². The zero-order chi connectivity index (χ0) is 13.8. The molecule has 0 saturated heterocycles. The normalized spacial score (nSPS) is 11.9. The highest BCUT2D eigenvalue weighted by molar-refractivity contribution is 9.10. The summed E-state index contributed by atoms with van der Waals surface area (Å²) in [7, 11) is 0. The van der Waals surface area contributed by atoms with Gasteiger partial charge in [-0.2, -0.15) is 0 Å². The van der Waals surface area contributed by atoms with Gasteiger partial charge in [0.25, 0.3) is 5.69 Å². The summed E-state index contributed by atoms with van der Waals surface area (Å²) in [5.41, 5.74) is 1.45. The summed E-state index contributed by atoms with van der Waals surface area (Å²) in [6.45, 7) is 1.91. The fourth-order valence-electron chi connectivity index (χ4n) is 1.58. The van der Waals surface area contributed by atoms with Gasteiger partial charge in [0.1, 0.15) is 0 Å². The van der Waals surface area contributed by atoms with Crippen molar-refractivity contribution in [2.24, 2.45) is 0 Å². The largest absolute Gasteiger partial charge is 0.376 e. The second-order valence-electron chi connectivity index (χ2n) is 3.92. The van der Waals surface area contributed by atoms with Crippen molar-refractivity contribution in [3.05, 3.63) is 57.1 Å². The summed E-state index contributed by atoms with van der Waals surface area (Å²) >= 11 is 3.36. The lowest BCUT2D eigenvalue weighted by Crippen LogP contribution is -2.09. The average Bonchev–Trinajstić information content (AvgIpc) is 2.42. The Balaban J connectivity index is 2.23. The summed E-state index contributed by atoms with van der Waals surface area (Å²) in [6.07, 6.45) is 4.86. The first kappa shape index (κ1) is 13.4. The van der Waals surface area contributed by atoms with E-state index in [-0.39, 0.29) is 11.7 Å². The van der Waals surface area contributed by atoms with Crippen molar-refractivity contribution in [3.63, 3.8) is 0 Å². The van der Waals surface area contributed by atoms with Crippen LogP contribution in [0.25, 0.3) is 0 Å². The third kappa shape index (κ3) is 3.25. The van der Waals surface area contributed by atoms with Crippen molar-refractivity contribution >= 4 is 27.3 Å². The number of aromatic nitrogens is 2. The molecule has 0 fully saturated rings. The van der Waals surface area contributed by atoms with Gasteiger partial charge in [-0.15, -0.1) is 0 Å². The number of non-ortho nitro benzene ring substituents is 1. The van der Waals surface area contributed by atoms with Crippen molar-refractivity contribution in [3.8, 4) is 0 Å². The molecule has 1 aromatic carbocycles. The number of nitro groups is 1. The molecule has 1 N–H and O–H groups in total. The van der Waals surface area contributed by atoms with Crippen LogP contribution >= 0.6 is 15.9 Å². The second-order valence-corrected chi connectivity index (χ2v) is 4.77. The Kier molecular flexibility index (Phi) is 4.06. The molecule has 6 nitrogen and oxygen atoms in total. The SMILES string of the molecule is CC(Nc1cc([N+](=O)[O-])ccc1Br)c1cnccn1. The number of hydrogen-bond acceptors (Lipinski definition) is 5. The van der Waals surface area contributed by atoms with Gasteiger partial charge in [-0.1, -0.05) is 0 Å². The predicted molar refractivity (Wildman–Crippen MR) is 74.9 cm³/mol. The van der Waals surface area contributed by atoms with Crippen LogP contribution in [0.4, 0.5) is 11.4 Å². The van der Waals surface area contributed by atoms with Crippen molar-refractivity contribution in [2.75, 3.05) is 5.32 Å². The van der Waals surface area contributed by atoms with Crippen molar-refractivity contribution < 1.29 is 4.92 Å². The van der Waals surface area contributed by atoms with Crippen LogP contribution in [-0.2, 0) is 0 Å². The fraction of sp³-hybridized carbons (Fsp3) is 0.167.